The second-order valence-electron chi connectivity index (χ2n) is 7.13. The molecular formula is C20H23N3. The van der Waals surface area contributed by atoms with Gasteiger partial charge in [0.25, 0.3) is 0 Å². The molecule has 3 nitrogen and oxygen atoms in total. The number of nitrogens with zero attached hydrogens (tertiary/aromatic N) is 1. The van der Waals surface area contributed by atoms with Crippen molar-refractivity contribution in [3.8, 4) is 0 Å². The molecule has 2 N–H and O–H groups in total. The Bertz CT molecular complexity index is 725. The van der Waals surface area contributed by atoms with Gasteiger partial charge in [-0.25, -0.2) is 0 Å². The van der Waals surface area contributed by atoms with Gasteiger partial charge < -0.3 is 15.5 Å². The molecule has 0 radical (unpaired) electrons. The van der Waals surface area contributed by atoms with Crippen LogP contribution in [0.1, 0.15) is 22.6 Å². The monoisotopic (exact) mass is 305 g/mol. The van der Waals surface area contributed by atoms with Crippen LogP contribution in [0.3, 0.4) is 0 Å². The standard InChI is InChI=1S/C20H23N3/c1-2-4-14(5-3-1)10-22-17-8-15-6-7-23-13-16-11-21-12-19(16)18(9-17)20(15)23/h1-5,8-9,16,19,21-22H,6-7,10-13H2/t16-,19-/m1/s1. The summed E-state index contributed by atoms with van der Waals surface area (Å²) in [5, 5.41) is 7.24. The van der Waals surface area contributed by atoms with Crippen molar-refractivity contribution >= 4 is 11.4 Å². The van der Waals surface area contributed by atoms with Crippen molar-refractivity contribution in [1.82, 2.24) is 5.32 Å². The van der Waals surface area contributed by atoms with Gasteiger partial charge in [0.1, 0.15) is 0 Å². The summed E-state index contributed by atoms with van der Waals surface area (Å²) < 4.78 is 0. The van der Waals surface area contributed by atoms with Gasteiger partial charge in [0.15, 0.2) is 0 Å². The third-order valence-electron chi connectivity index (χ3n) is 5.72. The van der Waals surface area contributed by atoms with Gasteiger partial charge in [0.2, 0.25) is 0 Å². The number of fused-ring (bicyclic) bond motifs is 2. The van der Waals surface area contributed by atoms with Crippen LogP contribution in [-0.4, -0.2) is 26.2 Å². The minimum absolute atomic E-state index is 0.705. The van der Waals surface area contributed by atoms with E-state index in [9.17, 15) is 0 Å². The zero-order valence-electron chi connectivity index (χ0n) is 13.4. The van der Waals surface area contributed by atoms with Gasteiger partial charge in [-0.3, -0.25) is 0 Å². The van der Waals surface area contributed by atoms with Crippen molar-refractivity contribution in [1.29, 1.82) is 0 Å². The SMILES string of the molecule is c1ccc(CNc2cc3c4c(c2)[C@@H]2CNC[C@@H]2CN4CC3)cc1. The second kappa shape index (κ2) is 5.27. The summed E-state index contributed by atoms with van der Waals surface area (Å²) in [6, 6.07) is 15.5. The zero-order chi connectivity index (χ0) is 15.2. The van der Waals surface area contributed by atoms with E-state index >= 15 is 0 Å². The fraction of sp³-hybridized carbons (Fsp3) is 0.400. The number of anilines is 2. The predicted molar refractivity (Wildman–Crippen MR) is 95.2 cm³/mol. The van der Waals surface area contributed by atoms with Crippen LogP contribution in [0.15, 0.2) is 42.5 Å². The molecule has 3 heterocycles. The molecule has 2 aromatic rings. The van der Waals surface area contributed by atoms with Gasteiger partial charge in [-0.2, -0.15) is 0 Å². The highest BCUT2D eigenvalue weighted by molar-refractivity contribution is 5.71. The zero-order valence-corrected chi connectivity index (χ0v) is 13.4. The fourth-order valence-electron chi connectivity index (χ4n) is 4.60. The Morgan fingerprint density at radius 1 is 1.13 bits per heavy atom. The van der Waals surface area contributed by atoms with E-state index in [1.165, 1.54) is 37.3 Å². The average molecular weight is 305 g/mol. The molecular weight excluding hydrogens is 282 g/mol. The van der Waals surface area contributed by atoms with Crippen LogP contribution in [-0.2, 0) is 13.0 Å². The molecule has 1 saturated heterocycles. The predicted octanol–water partition coefficient (Wildman–Crippen LogP) is 2.98. The molecule has 0 saturated carbocycles. The highest BCUT2D eigenvalue weighted by Crippen LogP contribution is 2.46. The van der Waals surface area contributed by atoms with Crippen molar-refractivity contribution in [3.05, 3.63) is 59.2 Å². The third-order valence-corrected chi connectivity index (χ3v) is 5.72. The maximum Gasteiger partial charge on any atom is 0.0437 e. The van der Waals surface area contributed by atoms with Gasteiger partial charge >= 0.3 is 0 Å². The molecule has 3 aliphatic rings. The summed E-state index contributed by atoms with van der Waals surface area (Å²) in [7, 11) is 0. The minimum Gasteiger partial charge on any atom is -0.381 e. The third kappa shape index (κ3) is 2.22. The molecule has 2 atom stereocenters. The van der Waals surface area contributed by atoms with Crippen molar-refractivity contribution in [2.24, 2.45) is 5.92 Å². The average Bonchev–Trinajstić information content (AvgIpc) is 3.22. The first kappa shape index (κ1) is 13.4. The number of hydrogen-bond acceptors (Lipinski definition) is 3. The van der Waals surface area contributed by atoms with E-state index in [-0.39, 0.29) is 0 Å². The highest BCUT2D eigenvalue weighted by atomic mass is 15.2. The molecule has 0 unspecified atom stereocenters. The molecule has 0 bridgehead atoms. The van der Waals surface area contributed by atoms with Crippen molar-refractivity contribution in [2.45, 2.75) is 18.9 Å². The van der Waals surface area contributed by atoms with E-state index in [2.05, 4.69) is 58.0 Å². The molecule has 0 amide bonds. The van der Waals surface area contributed by atoms with Gasteiger partial charge in [-0.15, -0.1) is 0 Å². The molecule has 3 heteroatoms. The maximum atomic E-state index is 3.65. The van der Waals surface area contributed by atoms with Crippen molar-refractivity contribution < 1.29 is 0 Å². The Kier molecular flexibility index (Phi) is 3.08. The van der Waals surface area contributed by atoms with E-state index in [0.717, 1.165) is 19.0 Å². The van der Waals surface area contributed by atoms with Crippen LogP contribution in [0.2, 0.25) is 0 Å². The molecule has 0 aliphatic carbocycles. The van der Waals surface area contributed by atoms with Gasteiger partial charge in [-0.1, -0.05) is 30.3 Å². The Balaban J connectivity index is 1.47. The fourth-order valence-corrected chi connectivity index (χ4v) is 4.60. The smallest absolute Gasteiger partial charge is 0.0437 e. The molecule has 23 heavy (non-hydrogen) atoms. The van der Waals surface area contributed by atoms with E-state index in [1.54, 1.807) is 16.8 Å². The molecule has 5 rings (SSSR count). The number of nitrogens with one attached hydrogen (secondary N) is 2. The quantitative estimate of drug-likeness (QED) is 0.913. The van der Waals surface area contributed by atoms with Crippen LogP contribution in [0.5, 0.6) is 0 Å². The van der Waals surface area contributed by atoms with Crippen LogP contribution in [0.25, 0.3) is 0 Å². The first-order chi connectivity index (χ1) is 11.4. The lowest BCUT2D eigenvalue weighted by Crippen LogP contribution is -2.35. The molecule has 118 valence electrons. The van der Waals surface area contributed by atoms with Gasteiger partial charge in [-0.05, 0) is 41.2 Å². The van der Waals surface area contributed by atoms with Crippen LogP contribution >= 0.6 is 0 Å². The second-order valence-corrected chi connectivity index (χ2v) is 7.13. The molecule has 1 fully saturated rings. The summed E-state index contributed by atoms with van der Waals surface area (Å²) in [5.41, 5.74) is 7.31. The summed E-state index contributed by atoms with van der Waals surface area (Å²) in [4.78, 5) is 2.62. The number of hydrogen-bond donors (Lipinski definition) is 2. The van der Waals surface area contributed by atoms with Gasteiger partial charge in [0, 0.05) is 50.0 Å². The first-order valence-electron chi connectivity index (χ1n) is 8.79. The molecule has 0 spiro atoms. The minimum atomic E-state index is 0.705. The highest BCUT2D eigenvalue weighted by Gasteiger charge is 2.39. The summed E-state index contributed by atoms with van der Waals surface area (Å²) >= 11 is 0. The Hall–Kier alpha value is -2.00. The van der Waals surface area contributed by atoms with E-state index in [4.69, 9.17) is 0 Å². The van der Waals surface area contributed by atoms with Crippen LogP contribution in [0.4, 0.5) is 11.4 Å². The molecule has 3 aliphatic heterocycles. The van der Waals surface area contributed by atoms with E-state index < -0.39 is 0 Å². The maximum absolute atomic E-state index is 3.65. The lowest BCUT2D eigenvalue weighted by Gasteiger charge is -2.35. The van der Waals surface area contributed by atoms with Crippen molar-refractivity contribution in [3.63, 3.8) is 0 Å². The molecule has 2 aromatic carbocycles. The summed E-state index contributed by atoms with van der Waals surface area (Å²) in [6.07, 6.45) is 1.20. The van der Waals surface area contributed by atoms with E-state index in [1.807, 2.05) is 0 Å². The summed E-state index contributed by atoms with van der Waals surface area (Å²) in [6.45, 7) is 5.67. The molecule has 0 aromatic heterocycles. The van der Waals surface area contributed by atoms with E-state index in [0.29, 0.717) is 5.92 Å². The normalized spacial score (nSPS) is 24.4. The lowest BCUT2D eigenvalue weighted by molar-refractivity contribution is 0.491. The van der Waals surface area contributed by atoms with Crippen molar-refractivity contribution in [2.75, 3.05) is 36.4 Å². The Morgan fingerprint density at radius 3 is 2.96 bits per heavy atom. The Morgan fingerprint density at radius 2 is 2.04 bits per heavy atom. The lowest BCUT2D eigenvalue weighted by atomic mass is 9.83. The largest absolute Gasteiger partial charge is 0.381 e. The topological polar surface area (TPSA) is 27.3 Å². The summed E-state index contributed by atoms with van der Waals surface area (Å²) in [5.74, 6) is 1.49. The number of benzene rings is 2. The number of rotatable bonds is 3. The van der Waals surface area contributed by atoms with Crippen LogP contribution in [0, 0.1) is 5.92 Å². The first-order valence-corrected chi connectivity index (χ1v) is 8.79. The van der Waals surface area contributed by atoms with Crippen LogP contribution < -0.4 is 15.5 Å². The Labute approximate surface area is 137 Å². The van der Waals surface area contributed by atoms with Gasteiger partial charge in [0.05, 0.1) is 0 Å².